The number of thiazole rings is 1. The zero-order chi connectivity index (χ0) is 19.5. The van der Waals surface area contributed by atoms with E-state index in [1.54, 1.807) is 9.80 Å². The average Bonchev–Trinajstić information content (AvgIpc) is 3.34. The number of rotatable bonds is 6. The first kappa shape index (κ1) is 18.7. The van der Waals surface area contributed by atoms with Crippen molar-refractivity contribution in [3.05, 3.63) is 34.8 Å². The zero-order valence-corrected chi connectivity index (χ0v) is 16.7. The molecule has 0 radical (unpaired) electrons. The van der Waals surface area contributed by atoms with Crippen molar-refractivity contribution in [2.24, 2.45) is 0 Å². The third kappa shape index (κ3) is 3.82. The lowest BCUT2D eigenvalue weighted by Crippen LogP contribution is -2.32. The number of amides is 2. The van der Waals surface area contributed by atoms with Gasteiger partial charge in [0.05, 0.1) is 12.1 Å². The summed E-state index contributed by atoms with van der Waals surface area (Å²) in [6.07, 6.45) is 1.66. The van der Waals surface area contributed by atoms with Crippen molar-refractivity contribution in [1.29, 1.82) is 0 Å². The monoisotopic (exact) mass is 401 g/mol. The van der Waals surface area contributed by atoms with Gasteiger partial charge in [-0.1, -0.05) is 12.1 Å². The molecule has 28 heavy (non-hydrogen) atoms. The number of hydrogen-bond acceptors (Lipinski definition) is 6. The molecule has 0 aliphatic carbocycles. The van der Waals surface area contributed by atoms with E-state index in [1.165, 1.54) is 11.3 Å². The summed E-state index contributed by atoms with van der Waals surface area (Å²) < 4.78 is 11.4. The quantitative estimate of drug-likeness (QED) is 0.744. The van der Waals surface area contributed by atoms with Gasteiger partial charge in [-0.3, -0.25) is 14.5 Å². The number of ether oxygens (including phenoxy) is 2. The number of carbonyl (C=O) groups is 2. The zero-order valence-electron chi connectivity index (χ0n) is 15.8. The van der Waals surface area contributed by atoms with E-state index < -0.39 is 0 Å². The average molecular weight is 401 g/mol. The second kappa shape index (κ2) is 8.18. The van der Waals surface area contributed by atoms with Crippen LogP contribution in [0.4, 0.5) is 5.13 Å². The molecule has 1 saturated heterocycles. The van der Waals surface area contributed by atoms with E-state index in [0.717, 1.165) is 23.5 Å². The van der Waals surface area contributed by atoms with Gasteiger partial charge in [0.15, 0.2) is 16.6 Å². The second-order valence-corrected chi connectivity index (χ2v) is 7.63. The summed E-state index contributed by atoms with van der Waals surface area (Å²) in [7, 11) is 0. The Bertz CT molecular complexity index is 882. The van der Waals surface area contributed by atoms with Crippen LogP contribution in [0.5, 0.6) is 11.5 Å². The number of benzene rings is 1. The Morgan fingerprint density at radius 2 is 2.18 bits per heavy atom. The Kier molecular flexibility index (Phi) is 5.47. The van der Waals surface area contributed by atoms with Crippen molar-refractivity contribution < 1.29 is 19.1 Å². The summed E-state index contributed by atoms with van der Waals surface area (Å²) in [5.74, 6) is 1.56. The number of aromatic nitrogens is 1. The van der Waals surface area contributed by atoms with Gasteiger partial charge in [0, 0.05) is 37.0 Å². The van der Waals surface area contributed by atoms with Gasteiger partial charge in [-0.15, -0.1) is 11.3 Å². The Labute approximate surface area is 167 Å². The van der Waals surface area contributed by atoms with Gasteiger partial charge >= 0.3 is 0 Å². The minimum absolute atomic E-state index is 0.00132. The number of likely N-dealkylation sites (N-methyl/N-ethyl adjacent to an activating group) is 1. The molecule has 0 atom stereocenters. The van der Waals surface area contributed by atoms with E-state index in [-0.39, 0.29) is 18.2 Å². The lowest BCUT2D eigenvalue weighted by Gasteiger charge is -2.25. The predicted octanol–water partition coefficient (Wildman–Crippen LogP) is 2.63. The summed E-state index contributed by atoms with van der Waals surface area (Å²) in [5.41, 5.74) is 1.65. The summed E-state index contributed by atoms with van der Waals surface area (Å²) in [6.45, 7) is 4.77. The van der Waals surface area contributed by atoms with Crippen molar-refractivity contribution in [3.8, 4) is 11.5 Å². The third-order valence-electron chi connectivity index (χ3n) is 4.92. The van der Waals surface area contributed by atoms with Crippen molar-refractivity contribution >= 4 is 28.3 Å². The Balaban J connectivity index is 1.44. The second-order valence-electron chi connectivity index (χ2n) is 6.80. The molecule has 1 aromatic carbocycles. The SMILES string of the molecule is CCN(Cc1cccc2c1OCCO2)C(=O)Cc1csc(N2CCCC2=O)n1. The number of hydrogen-bond donors (Lipinski definition) is 0. The van der Waals surface area contributed by atoms with Gasteiger partial charge in [0.2, 0.25) is 11.8 Å². The van der Waals surface area contributed by atoms with Gasteiger partial charge in [0.25, 0.3) is 0 Å². The minimum Gasteiger partial charge on any atom is -0.486 e. The molecule has 2 aliphatic heterocycles. The molecule has 0 unspecified atom stereocenters. The van der Waals surface area contributed by atoms with Crippen LogP contribution in [0.25, 0.3) is 0 Å². The van der Waals surface area contributed by atoms with Crippen molar-refractivity contribution in [1.82, 2.24) is 9.88 Å². The van der Waals surface area contributed by atoms with Crippen molar-refractivity contribution in [2.75, 3.05) is 31.2 Å². The standard InChI is InChI=1S/C20H23N3O4S/c1-2-22(12-14-5-3-6-16-19(14)27-10-9-26-16)18(25)11-15-13-28-20(21-15)23-8-4-7-17(23)24/h3,5-6,13H,2,4,7-12H2,1H3. The number of carbonyl (C=O) groups excluding carboxylic acids is 2. The van der Waals surface area contributed by atoms with Gasteiger partial charge < -0.3 is 14.4 Å². The highest BCUT2D eigenvalue weighted by Gasteiger charge is 2.25. The molecule has 8 heteroatoms. The maximum Gasteiger partial charge on any atom is 0.228 e. The number of fused-ring (bicyclic) bond motifs is 1. The predicted molar refractivity (Wildman–Crippen MR) is 106 cm³/mol. The summed E-state index contributed by atoms with van der Waals surface area (Å²) >= 11 is 1.42. The van der Waals surface area contributed by atoms with Crippen LogP contribution in [-0.2, 0) is 22.6 Å². The molecule has 148 valence electrons. The molecular formula is C20H23N3O4S. The Hall–Kier alpha value is -2.61. The normalized spacial score (nSPS) is 15.8. The molecule has 7 nitrogen and oxygen atoms in total. The lowest BCUT2D eigenvalue weighted by molar-refractivity contribution is -0.131. The molecule has 0 spiro atoms. The van der Waals surface area contributed by atoms with E-state index in [1.807, 2.05) is 30.5 Å². The highest BCUT2D eigenvalue weighted by atomic mass is 32.1. The number of nitrogens with zero attached hydrogens (tertiary/aromatic N) is 3. The fraction of sp³-hybridized carbons (Fsp3) is 0.450. The fourth-order valence-corrected chi connectivity index (χ4v) is 4.33. The first-order chi connectivity index (χ1) is 13.7. The maximum absolute atomic E-state index is 12.8. The molecule has 2 aliphatic rings. The topological polar surface area (TPSA) is 72.0 Å². The van der Waals surface area contributed by atoms with Crippen molar-refractivity contribution in [3.63, 3.8) is 0 Å². The van der Waals surface area contributed by atoms with Crippen LogP contribution in [0.15, 0.2) is 23.6 Å². The van der Waals surface area contributed by atoms with Crippen LogP contribution in [-0.4, -0.2) is 48.0 Å². The maximum atomic E-state index is 12.8. The van der Waals surface area contributed by atoms with Crippen LogP contribution in [0.2, 0.25) is 0 Å². The van der Waals surface area contributed by atoms with Crippen LogP contribution in [0.3, 0.4) is 0 Å². The lowest BCUT2D eigenvalue weighted by atomic mass is 10.1. The molecule has 4 rings (SSSR count). The molecule has 0 bridgehead atoms. The van der Waals surface area contributed by atoms with Crippen LogP contribution in [0.1, 0.15) is 31.0 Å². The molecule has 2 amide bonds. The highest BCUT2D eigenvalue weighted by molar-refractivity contribution is 7.14. The largest absolute Gasteiger partial charge is 0.486 e. The Morgan fingerprint density at radius 3 is 2.96 bits per heavy atom. The van der Waals surface area contributed by atoms with E-state index in [4.69, 9.17) is 9.47 Å². The van der Waals surface area contributed by atoms with Crippen LogP contribution >= 0.6 is 11.3 Å². The van der Waals surface area contributed by atoms with Gasteiger partial charge in [-0.05, 0) is 19.4 Å². The van der Waals surface area contributed by atoms with Gasteiger partial charge in [0.1, 0.15) is 13.2 Å². The van der Waals surface area contributed by atoms with Gasteiger partial charge in [-0.25, -0.2) is 4.98 Å². The smallest absolute Gasteiger partial charge is 0.228 e. The number of anilines is 1. The highest BCUT2D eigenvalue weighted by Crippen LogP contribution is 2.34. The molecule has 0 N–H and O–H groups in total. The minimum atomic E-state index is 0.00132. The summed E-state index contributed by atoms with van der Waals surface area (Å²) in [6, 6.07) is 5.76. The summed E-state index contributed by atoms with van der Waals surface area (Å²) in [5, 5.41) is 2.56. The molecule has 1 aromatic heterocycles. The Morgan fingerprint density at radius 1 is 1.32 bits per heavy atom. The van der Waals surface area contributed by atoms with Gasteiger partial charge in [-0.2, -0.15) is 0 Å². The van der Waals surface area contributed by atoms with Crippen LogP contribution in [0, 0.1) is 0 Å². The first-order valence-corrected chi connectivity index (χ1v) is 10.4. The third-order valence-corrected chi connectivity index (χ3v) is 5.83. The molecule has 3 heterocycles. The van der Waals surface area contributed by atoms with E-state index in [9.17, 15) is 9.59 Å². The van der Waals surface area contributed by atoms with E-state index >= 15 is 0 Å². The van der Waals surface area contributed by atoms with E-state index in [2.05, 4.69) is 4.98 Å². The molecule has 0 saturated carbocycles. The molecule has 1 fully saturated rings. The van der Waals surface area contributed by atoms with E-state index in [0.29, 0.717) is 50.1 Å². The first-order valence-electron chi connectivity index (χ1n) is 9.55. The number of para-hydroxylation sites is 1. The summed E-state index contributed by atoms with van der Waals surface area (Å²) in [4.78, 5) is 32.7. The van der Waals surface area contributed by atoms with Crippen molar-refractivity contribution in [2.45, 2.75) is 32.7 Å². The molecule has 2 aromatic rings. The fourth-order valence-electron chi connectivity index (χ4n) is 3.46. The molecular weight excluding hydrogens is 378 g/mol. The van der Waals surface area contributed by atoms with Crippen LogP contribution < -0.4 is 14.4 Å².